The van der Waals surface area contributed by atoms with Gasteiger partial charge in [-0.1, -0.05) is 13.8 Å². The van der Waals surface area contributed by atoms with Crippen molar-refractivity contribution >= 4 is 0 Å². The van der Waals surface area contributed by atoms with E-state index in [1.165, 1.54) is 38.9 Å². The zero-order valence-electron chi connectivity index (χ0n) is 11.5. The van der Waals surface area contributed by atoms with Gasteiger partial charge >= 0.3 is 0 Å². The molecular formula is C14H28N2O. The second kappa shape index (κ2) is 6.72. The van der Waals surface area contributed by atoms with Crippen molar-refractivity contribution < 1.29 is 4.74 Å². The molecule has 3 nitrogen and oxygen atoms in total. The Labute approximate surface area is 106 Å². The smallest absolute Gasteiger partial charge is 0.0705 e. The van der Waals surface area contributed by atoms with Crippen molar-refractivity contribution in [2.45, 2.75) is 39.2 Å². The van der Waals surface area contributed by atoms with Crippen LogP contribution in [0.2, 0.25) is 0 Å². The van der Waals surface area contributed by atoms with E-state index >= 15 is 0 Å². The highest BCUT2D eigenvalue weighted by atomic mass is 16.5. The van der Waals surface area contributed by atoms with Crippen molar-refractivity contribution in [1.29, 1.82) is 0 Å². The van der Waals surface area contributed by atoms with E-state index in [1.807, 2.05) is 0 Å². The van der Waals surface area contributed by atoms with Crippen molar-refractivity contribution in [2.75, 3.05) is 39.3 Å². The maximum Gasteiger partial charge on any atom is 0.0705 e. The van der Waals surface area contributed by atoms with Crippen LogP contribution in [0.3, 0.4) is 0 Å². The summed E-state index contributed by atoms with van der Waals surface area (Å²) in [5.74, 6) is 1.66. The van der Waals surface area contributed by atoms with E-state index in [2.05, 4.69) is 24.1 Å². The summed E-state index contributed by atoms with van der Waals surface area (Å²) in [5, 5.41) is 3.44. The lowest BCUT2D eigenvalue weighted by Crippen LogP contribution is -2.46. The van der Waals surface area contributed by atoms with E-state index in [4.69, 9.17) is 4.74 Å². The van der Waals surface area contributed by atoms with Gasteiger partial charge in [0.05, 0.1) is 12.7 Å². The molecule has 0 bridgehead atoms. The summed E-state index contributed by atoms with van der Waals surface area (Å²) in [4.78, 5) is 2.63. The minimum Gasteiger partial charge on any atom is -0.376 e. The predicted octanol–water partition coefficient (Wildman–Crippen LogP) is 1.73. The minimum atomic E-state index is 0.477. The van der Waals surface area contributed by atoms with E-state index in [0.29, 0.717) is 6.10 Å². The predicted molar refractivity (Wildman–Crippen MR) is 71.2 cm³/mol. The number of hydrogen-bond donors (Lipinski definition) is 1. The van der Waals surface area contributed by atoms with Gasteiger partial charge < -0.3 is 10.1 Å². The third-order valence-corrected chi connectivity index (χ3v) is 3.93. The second-order valence-corrected chi connectivity index (χ2v) is 6.08. The molecule has 17 heavy (non-hydrogen) atoms. The zero-order valence-corrected chi connectivity index (χ0v) is 11.5. The van der Waals surface area contributed by atoms with Crippen LogP contribution < -0.4 is 5.32 Å². The zero-order chi connectivity index (χ0) is 12.1. The number of rotatable bonds is 4. The van der Waals surface area contributed by atoms with Gasteiger partial charge in [-0.25, -0.2) is 0 Å². The van der Waals surface area contributed by atoms with E-state index in [0.717, 1.165) is 31.5 Å². The molecule has 0 radical (unpaired) electrons. The van der Waals surface area contributed by atoms with Crippen LogP contribution in [0.5, 0.6) is 0 Å². The van der Waals surface area contributed by atoms with Crippen LogP contribution in [-0.4, -0.2) is 50.3 Å². The summed E-state index contributed by atoms with van der Waals surface area (Å²) in [6.07, 6.45) is 4.40. The lowest BCUT2D eigenvalue weighted by atomic mass is 9.96. The van der Waals surface area contributed by atoms with E-state index in [-0.39, 0.29) is 0 Å². The standard InChI is InChI=1S/C14H28N2O/c1-12(2)9-14-11-16(7-8-17-14)10-13-3-5-15-6-4-13/h12-15H,3-11H2,1-2H3. The summed E-state index contributed by atoms with van der Waals surface area (Å²) in [7, 11) is 0. The Morgan fingerprint density at radius 1 is 1.29 bits per heavy atom. The quantitative estimate of drug-likeness (QED) is 0.810. The number of nitrogens with one attached hydrogen (secondary N) is 1. The van der Waals surface area contributed by atoms with Crippen LogP contribution in [0.15, 0.2) is 0 Å². The molecule has 2 rings (SSSR count). The van der Waals surface area contributed by atoms with E-state index < -0.39 is 0 Å². The molecule has 0 saturated carbocycles. The molecule has 0 aromatic carbocycles. The van der Waals surface area contributed by atoms with Gasteiger partial charge in [-0.15, -0.1) is 0 Å². The summed E-state index contributed by atoms with van der Waals surface area (Å²) in [5.41, 5.74) is 0. The van der Waals surface area contributed by atoms with Gasteiger partial charge in [0, 0.05) is 19.6 Å². The van der Waals surface area contributed by atoms with Crippen LogP contribution in [0.25, 0.3) is 0 Å². The first-order valence-corrected chi connectivity index (χ1v) is 7.28. The Hall–Kier alpha value is -0.120. The highest BCUT2D eigenvalue weighted by Crippen LogP contribution is 2.18. The lowest BCUT2D eigenvalue weighted by Gasteiger charge is -2.36. The third kappa shape index (κ3) is 4.57. The van der Waals surface area contributed by atoms with E-state index in [9.17, 15) is 0 Å². The number of hydrogen-bond acceptors (Lipinski definition) is 3. The Morgan fingerprint density at radius 3 is 2.76 bits per heavy atom. The fourth-order valence-electron chi connectivity index (χ4n) is 3.04. The normalized spacial score (nSPS) is 28.8. The van der Waals surface area contributed by atoms with Gasteiger partial charge in [-0.2, -0.15) is 0 Å². The SMILES string of the molecule is CC(C)CC1CN(CC2CCNCC2)CCO1. The van der Waals surface area contributed by atoms with Gasteiger partial charge in [0.1, 0.15) is 0 Å². The fraction of sp³-hybridized carbons (Fsp3) is 1.00. The third-order valence-electron chi connectivity index (χ3n) is 3.93. The van der Waals surface area contributed by atoms with Crippen LogP contribution in [0, 0.1) is 11.8 Å². The maximum atomic E-state index is 5.85. The van der Waals surface area contributed by atoms with Gasteiger partial charge in [0.25, 0.3) is 0 Å². The Balaban J connectivity index is 1.72. The van der Waals surface area contributed by atoms with Crippen molar-refractivity contribution in [3.05, 3.63) is 0 Å². The van der Waals surface area contributed by atoms with Crippen molar-refractivity contribution in [3.8, 4) is 0 Å². The van der Waals surface area contributed by atoms with E-state index in [1.54, 1.807) is 0 Å². The molecule has 3 heteroatoms. The van der Waals surface area contributed by atoms with Crippen LogP contribution >= 0.6 is 0 Å². The maximum absolute atomic E-state index is 5.85. The van der Waals surface area contributed by atoms with Crippen LogP contribution in [0.1, 0.15) is 33.1 Å². The number of morpholine rings is 1. The van der Waals surface area contributed by atoms with Crippen LogP contribution in [-0.2, 0) is 4.74 Å². The monoisotopic (exact) mass is 240 g/mol. The van der Waals surface area contributed by atoms with Crippen molar-refractivity contribution in [1.82, 2.24) is 10.2 Å². The average Bonchev–Trinajstić information content (AvgIpc) is 2.30. The van der Waals surface area contributed by atoms with Gasteiger partial charge in [-0.3, -0.25) is 4.90 Å². The highest BCUT2D eigenvalue weighted by molar-refractivity contribution is 4.77. The molecule has 100 valence electrons. The molecule has 2 saturated heterocycles. The average molecular weight is 240 g/mol. The Kier molecular flexibility index (Phi) is 5.26. The summed E-state index contributed by atoms with van der Waals surface area (Å²) in [6, 6.07) is 0. The molecule has 0 amide bonds. The number of piperidine rings is 1. The van der Waals surface area contributed by atoms with Gasteiger partial charge in [0.2, 0.25) is 0 Å². The first kappa shape index (κ1) is 13.3. The summed E-state index contributed by atoms with van der Waals surface area (Å²) < 4.78 is 5.85. The largest absolute Gasteiger partial charge is 0.376 e. The Bertz CT molecular complexity index is 214. The van der Waals surface area contributed by atoms with Crippen molar-refractivity contribution in [3.63, 3.8) is 0 Å². The lowest BCUT2D eigenvalue weighted by molar-refractivity contribution is -0.0424. The molecule has 2 fully saturated rings. The van der Waals surface area contributed by atoms with Crippen molar-refractivity contribution in [2.24, 2.45) is 11.8 Å². The summed E-state index contributed by atoms with van der Waals surface area (Å²) in [6.45, 7) is 11.5. The molecule has 2 aliphatic heterocycles. The molecular weight excluding hydrogens is 212 g/mol. The molecule has 2 heterocycles. The molecule has 0 aliphatic carbocycles. The molecule has 2 aliphatic rings. The number of nitrogens with zero attached hydrogens (tertiary/aromatic N) is 1. The van der Waals surface area contributed by atoms with Crippen LogP contribution in [0.4, 0.5) is 0 Å². The second-order valence-electron chi connectivity index (χ2n) is 6.08. The molecule has 0 aromatic rings. The molecule has 1 atom stereocenters. The van der Waals surface area contributed by atoms with Gasteiger partial charge in [-0.05, 0) is 44.2 Å². The first-order valence-electron chi connectivity index (χ1n) is 7.28. The molecule has 0 aromatic heterocycles. The molecule has 0 spiro atoms. The Morgan fingerprint density at radius 2 is 2.06 bits per heavy atom. The number of ether oxygens (including phenoxy) is 1. The summed E-state index contributed by atoms with van der Waals surface area (Å²) >= 11 is 0. The minimum absolute atomic E-state index is 0.477. The molecule has 1 unspecified atom stereocenters. The first-order chi connectivity index (χ1) is 8.24. The fourth-order valence-corrected chi connectivity index (χ4v) is 3.04. The highest BCUT2D eigenvalue weighted by Gasteiger charge is 2.24. The topological polar surface area (TPSA) is 24.5 Å². The van der Waals surface area contributed by atoms with Gasteiger partial charge in [0.15, 0.2) is 0 Å². The molecule has 1 N–H and O–H groups in total.